The Balaban J connectivity index is 2.01. The van der Waals surface area contributed by atoms with Gasteiger partial charge in [0.1, 0.15) is 5.01 Å². The van der Waals surface area contributed by atoms with Gasteiger partial charge in [0.05, 0.1) is 10.5 Å². The smallest absolute Gasteiger partial charge is 0.259 e. The molecular formula is C17H23N5O3S2. The summed E-state index contributed by atoms with van der Waals surface area (Å²) in [5.74, 6) is -0.387. The van der Waals surface area contributed by atoms with Crippen molar-refractivity contribution in [2.45, 2.75) is 31.1 Å². The number of carbonyl (C=O) groups excluding carboxylic acids is 1. The monoisotopic (exact) mass is 409 g/mol. The second-order valence-electron chi connectivity index (χ2n) is 6.59. The number of nitrogens with zero attached hydrogens (tertiary/aromatic N) is 4. The predicted octanol–water partition coefficient (Wildman–Crippen LogP) is 2.34. The molecule has 0 atom stereocenters. The summed E-state index contributed by atoms with van der Waals surface area (Å²) in [5, 5.41) is 11.7. The Hall–Kier alpha value is -2.04. The van der Waals surface area contributed by atoms with Crippen LogP contribution in [0.3, 0.4) is 0 Å². The van der Waals surface area contributed by atoms with Crippen molar-refractivity contribution in [1.82, 2.24) is 14.5 Å². The van der Waals surface area contributed by atoms with Crippen LogP contribution in [0.2, 0.25) is 0 Å². The first kappa shape index (κ1) is 19.7. The maximum Gasteiger partial charge on any atom is 0.259 e. The normalized spacial score (nSPS) is 15.2. The van der Waals surface area contributed by atoms with Crippen molar-refractivity contribution in [3.63, 3.8) is 0 Å². The van der Waals surface area contributed by atoms with Crippen LogP contribution in [0.5, 0.6) is 0 Å². The highest BCUT2D eigenvalue weighted by molar-refractivity contribution is 7.89. The topological polar surface area (TPSA) is 95.5 Å². The molecule has 0 unspecified atom stereocenters. The lowest BCUT2D eigenvalue weighted by atomic mass is 10.1. The van der Waals surface area contributed by atoms with E-state index in [1.165, 1.54) is 31.5 Å². The number of nitrogens with one attached hydrogen (secondary N) is 1. The molecule has 1 aromatic heterocycles. The van der Waals surface area contributed by atoms with Crippen molar-refractivity contribution in [2.75, 3.05) is 37.4 Å². The zero-order valence-corrected chi connectivity index (χ0v) is 17.2. The van der Waals surface area contributed by atoms with Crippen molar-refractivity contribution in [1.29, 1.82) is 0 Å². The van der Waals surface area contributed by atoms with E-state index in [0.29, 0.717) is 10.7 Å². The number of piperidine rings is 1. The molecule has 10 heteroatoms. The van der Waals surface area contributed by atoms with Gasteiger partial charge in [-0.05, 0) is 44.4 Å². The van der Waals surface area contributed by atoms with Crippen LogP contribution in [0.4, 0.5) is 10.8 Å². The van der Waals surface area contributed by atoms with Crippen LogP contribution in [0.25, 0.3) is 0 Å². The second kappa shape index (κ2) is 7.91. The minimum Gasteiger partial charge on any atom is -0.371 e. The third-order valence-corrected chi connectivity index (χ3v) is 7.00. The Morgan fingerprint density at radius 3 is 2.48 bits per heavy atom. The molecule has 2 heterocycles. The number of aromatic nitrogens is 2. The zero-order chi connectivity index (χ0) is 19.6. The first-order chi connectivity index (χ1) is 12.8. The molecule has 1 aliphatic rings. The lowest BCUT2D eigenvalue weighted by Gasteiger charge is -2.30. The summed E-state index contributed by atoms with van der Waals surface area (Å²) in [6.07, 6.45) is 3.26. The van der Waals surface area contributed by atoms with Crippen LogP contribution in [0, 0.1) is 6.92 Å². The fraction of sp³-hybridized carbons (Fsp3) is 0.471. The third kappa shape index (κ3) is 4.28. The third-order valence-electron chi connectivity index (χ3n) is 4.43. The Kier molecular flexibility index (Phi) is 5.78. The molecule has 2 aromatic rings. The average Bonchev–Trinajstić information content (AvgIpc) is 3.06. The quantitative estimate of drug-likeness (QED) is 0.814. The van der Waals surface area contributed by atoms with Gasteiger partial charge in [-0.25, -0.2) is 12.7 Å². The summed E-state index contributed by atoms with van der Waals surface area (Å²) in [6, 6.07) is 4.73. The molecule has 1 N–H and O–H groups in total. The highest BCUT2D eigenvalue weighted by Crippen LogP contribution is 2.29. The largest absolute Gasteiger partial charge is 0.371 e. The lowest BCUT2D eigenvalue weighted by Crippen LogP contribution is -2.32. The van der Waals surface area contributed by atoms with Gasteiger partial charge in [0.2, 0.25) is 15.2 Å². The Bertz CT molecular complexity index is 934. The standard InChI is InChI=1S/C17H23N5O3S2/c1-12-19-20-17(26-12)18-16(23)14-11-13(27(24,25)21(2)3)7-8-15(14)22-9-5-4-6-10-22/h7-8,11H,4-6,9-10H2,1-3H3,(H,18,20,23). The SMILES string of the molecule is Cc1nnc(NC(=O)c2cc(S(=O)(=O)N(C)C)ccc2N2CCCCC2)s1. The average molecular weight is 410 g/mol. The molecule has 1 aliphatic heterocycles. The van der Waals surface area contributed by atoms with E-state index in [2.05, 4.69) is 20.4 Å². The predicted molar refractivity (Wildman–Crippen MR) is 106 cm³/mol. The van der Waals surface area contributed by atoms with Crippen LogP contribution in [-0.4, -0.2) is 56.0 Å². The molecule has 27 heavy (non-hydrogen) atoms. The molecule has 0 saturated carbocycles. The number of aryl methyl sites for hydroxylation is 1. The molecule has 1 saturated heterocycles. The fourth-order valence-electron chi connectivity index (χ4n) is 2.99. The van der Waals surface area contributed by atoms with E-state index < -0.39 is 10.0 Å². The van der Waals surface area contributed by atoms with Gasteiger partial charge >= 0.3 is 0 Å². The van der Waals surface area contributed by atoms with Crippen molar-refractivity contribution < 1.29 is 13.2 Å². The Labute approximate surface area is 163 Å². The minimum atomic E-state index is -3.64. The van der Waals surface area contributed by atoms with E-state index in [1.54, 1.807) is 19.1 Å². The second-order valence-corrected chi connectivity index (χ2v) is 9.93. The molecule has 1 aromatic carbocycles. The summed E-state index contributed by atoms with van der Waals surface area (Å²) in [4.78, 5) is 15.2. The zero-order valence-electron chi connectivity index (χ0n) is 15.6. The van der Waals surface area contributed by atoms with Crippen LogP contribution in [0.15, 0.2) is 23.1 Å². The van der Waals surface area contributed by atoms with E-state index in [9.17, 15) is 13.2 Å². The number of benzene rings is 1. The molecule has 146 valence electrons. The van der Waals surface area contributed by atoms with Crippen LogP contribution >= 0.6 is 11.3 Å². The van der Waals surface area contributed by atoms with Gasteiger partial charge in [-0.2, -0.15) is 0 Å². The Morgan fingerprint density at radius 1 is 1.19 bits per heavy atom. The number of carbonyl (C=O) groups is 1. The van der Waals surface area contributed by atoms with E-state index in [4.69, 9.17) is 0 Å². The molecule has 0 bridgehead atoms. The van der Waals surface area contributed by atoms with Crippen LogP contribution in [-0.2, 0) is 10.0 Å². The summed E-state index contributed by atoms with van der Waals surface area (Å²) in [7, 11) is -0.700. The maximum absolute atomic E-state index is 12.9. The molecule has 1 amide bonds. The van der Waals surface area contributed by atoms with Gasteiger partial charge in [-0.15, -0.1) is 10.2 Å². The number of rotatable bonds is 5. The summed E-state index contributed by atoms with van der Waals surface area (Å²) >= 11 is 1.27. The van der Waals surface area contributed by atoms with Crippen molar-refractivity contribution >= 4 is 38.1 Å². The summed E-state index contributed by atoms with van der Waals surface area (Å²) in [6.45, 7) is 3.49. The number of anilines is 2. The lowest BCUT2D eigenvalue weighted by molar-refractivity contribution is 0.102. The van der Waals surface area contributed by atoms with E-state index in [0.717, 1.165) is 47.4 Å². The molecular weight excluding hydrogens is 386 g/mol. The summed E-state index contributed by atoms with van der Waals surface area (Å²) in [5.41, 5.74) is 1.07. The van der Waals surface area contributed by atoms with Crippen molar-refractivity contribution in [3.05, 3.63) is 28.8 Å². The van der Waals surface area contributed by atoms with Gasteiger partial charge in [0.25, 0.3) is 5.91 Å². The maximum atomic E-state index is 12.9. The number of amides is 1. The number of sulfonamides is 1. The first-order valence-electron chi connectivity index (χ1n) is 8.72. The van der Waals surface area contributed by atoms with E-state index in [-0.39, 0.29) is 10.8 Å². The first-order valence-corrected chi connectivity index (χ1v) is 11.0. The Morgan fingerprint density at radius 2 is 1.89 bits per heavy atom. The number of hydrogen-bond donors (Lipinski definition) is 1. The molecule has 1 fully saturated rings. The van der Waals surface area contributed by atoms with E-state index in [1.807, 2.05) is 0 Å². The van der Waals surface area contributed by atoms with Gasteiger partial charge in [0, 0.05) is 32.9 Å². The van der Waals surface area contributed by atoms with Gasteiger partial charge in [-0.1, -0.05) is 11.3 Å². The molecule has 0 aliphatic carbocycles. The molecule has 3 rings (SSSR count). The molecule has 0 spiro atoms. The van der Waals surface area contributed by atoms with Crippen LogP contribution < -0.4 is 10.2 Å². The van der Waals surface area contributed by atoms with Crippen molar-refractivity contribution in [3.8, 4) is 0 Å². The highest BCUT2D eigenvalue weighted by atomic mass is 32.2. The van der Waals surface area contributed by atoms with Crippen molar-refractivity contribution in [2.24, 2.45) is 0 Å². The molecule has 0 radical (unpaired) electrons. The number of hydrogen-bond acceptors (Lipinski definition) is 7. The highest BCUT2D eigenvalue weighted by Gasteiger charge is 2.24. The summed E-state index contributed by atoms with van der Waals surface area (Å²) < 4.78 is 26.2. The van der Waals surface area contributed by atoms with Gasteiger partial charge in [0.15, 0.2) is 0 Å². The van der Waals surface area contributed by atoms with E-state index >= 15 is 0 Å². The van der Waals surface area contributed by atoms with Gasteiger partial charge < -0.3 is 4.90 Å². The fourth-order valence-corrected chi connectivity index (χ4v) is 4.51. The van der Waals surface area contributed by atoms with Gasteiger partial charge in [-0.3, -0.25) is 10.1 Å². The minimum absolute atomic E-state index is 0.0897. The molecule has 8 nitrogen and oxygen atoms in total. The van der Waals surface area contributed by atoms with Crippen LogP contribution in [0.1, 0.15) is 34.6 Å².